The maximum Gasteiger partial charge on any atom is 0.252 e. The molecule has 5 heteroatoms. The van der Waals surface area contributed by atoms with Crippen molar-refractivity contribution in [2.24, 2.45) is 11.7 Å². The average molecular weight is 326 g/mol. The minimum atomic E-state index is -0.693. The van der Waals surface area contributed by atoms with Gasteiger partial charge in [0.25, 0.3) is 5.91 Å². The lowest BCUT2D eigenvalue weighted by Crippen LogP contribution is -2.48. The summed E-state index contributed by atoms with van der Waals surface area (Å²) in [5.74, 6) is 0.319. The molecule has 0 aromatic heterocycles. The SMILES string of the molecule is CCC(C)C(NC(=O)c1cccc(Oc2ccccc2)c1)C(N)=O. The third kappa shape index (κ3) is 4.59. The zero-order valence-corrected chi connectivity index (χ0v) is 13.9. The molecule has 0 fully saturated rings. The van der Waals surface area contributed by atoms with Crippen LogP contribution in [0, 0.1) is 5.92 Å². The van der Waals surface area contributed by atoms with Crippen LogP contribution in [-0.4, -0.2) is 17.9 Å². The molecule has 0 heterocycles. The van der Waals surface area contributed by atoms with E-state index >= 15 is 0 Å². The number of rotatable bonds is 7. The standard InChI is InChI=1S/C19H22N2O3/c1-3-13(2)17(18(20)22)21-19(23)14-8-7-11-16(12-14)24-15-9-5-4-6-10-15/h4-13,17H,3H2,1-2H3,(H2,20,22)(H,21,23). The van der Waals surface area contributed by atoms with Gasteiger partial charge in [0.1, 0.15) is 17.5 Å². The van der Waals surface area contributed by atoms with Crippen molar-refractivity contribution >= 4 is 11.8 Å². The summed E-state index contributed by atoms with van der Waals surface area (Å²) in [6, 6.07) is 15.4. The van der Waals surface area contributed by atoms with Crippen LogP contribution in [0.2, 0.25) is 0 Å². The summed E-state index contributed by atoms with van der Waals surface area (Å²) < 4.78 is 5.72. The Morgan fingerprint density at radius 1 is 1.08 bits per heavy atom. The zero-order valence-electron chi connectivity index (χ0n) is 13.9. The number of hydrogen-bond acceptors (Lipinski definition) is 3. The molecule has 0 aliphatic rings. The van der Waals surface area contributed by atoms with Crippen LogP contribution in [0.5, 0.6) is 11.5 Å². The Balaban J connectivity index is 2.12. The number of nitrogens with two attached hydrogens (primary N) is 1. The fraction of sp³-hybridized carbons (Fsp3) is 0.263. The molecule has 0 aliphatic heterocycles. The van der Waals surface area contributed by atoms with Gasteiger partial charge in [-0.25, -0.2) is 0 Å². The first-order valence-corrected chi connectivity index (χ1v) is 7.94. The van der Waals surface area contributed by atoms with E-state index < -0.39 is 11.9 Å². The normalized spacial score (nSPS) is 12.9. The molecular formula is C19H22N2O3. The highest BCUT2D eigenvalue weighted by atomic mass is 16.5. The summed E-state index contributed by atoms with van der Waals surface area (Å²) in [5, 5.41) is 2.71. The Hall–Kier alpha value is -2.82. The van der Waals surface area contributed by atoms with E-state index in [0.717, 1.165) is 6.42 Å². The van der Waals surface area contributed by atoms with Crippen LogP contribution < -0.4 is 15.8 Å². The summed E-state index contributed by atoms with van der Waals surface area (Å²) in [5.41, 5.74) is 5.81. The molecule has 2 amide bonds. The Kier molecular flexibility index (Phi) is 5.95. The summed E-state index contributed by atoms with van der Waals surface area (Å²) in [4.78, 5) is 24.0. The van der Waals surface area contributed by atoms with Crippen molar-refractivity contribution in [3.8, 4) is 11.5 Å². The molecule has 2 atom stereocenters. The molecule has 2 unspecified atom stereocenters. The van der Waals surface area contributed by atoms with E-state index in [9.17, 15) is 9.59 Å². The number of primary amides is 1. The molecule has 0 spiro atoms. The number of nitrogens with one attached hydrogen (secondary N) is 1. The van der Waals surface area contributed by atoms with Gasteiger partial charge in [-0.1, -0.05) is 44.5 Å². The molecule has 5 nitrogen and oxygen atoms in total. The van der Waals surface area contributed by atoms with Crippen LogP contribution >= 0.6 is 0 Å². The highest BCUT2D eigenvalue weighted by Gasteiger charge is 2.24. The van der Waals surface area contributed by atoms with Crippen molar-refractivity contribution in [1.29, 1.82) is 0 Å². The third-order valence-corrected chi connectivity index (χ3v) is 3.88. The van der Waals surface area contributed by atoms with Gasteiger partial charge in [-0.2, -0.15) is 0 Å². The lowest BCUT2D eigenvalue weighted by molar-refractivity contribution is -0.120. The number of ether oxygens (including phenoxy) is 1. The van der Waals surface area contributed by atoms with Gasteiger partial charge in [-0.05, 0) is 36.2 Å². The van der Waals surface area contributed by atoms with E-state index in [2.05, 4.69) is 5.32 Å². The highest BCUT2D eigenvalue weighted by Crippen LogP contribution is 2.22. The van der Waals surface area contributed by atoms with E-state index in [0.29, 0.717) is 17.1 Å². The first-order chi connectivity index (χ1) is 11.5. The van der Waals surface area contributed by atoms with Gasteiger partial charge in [0, 0.05) is 5.56 Å². The molecule has 0 radical (unpaired) electrons. The lowest BCUT2D eigenvalue weighted by atomic mass is 9.98. The van der Waals surface area contributed by atoms with Gasteiger partial charge < -0.3 is 15.8 Å². The maximum atomic E-state index is 12.4. The minimum absolute atomic E-state index is 0.0322. The second kappa shape index (κ2) is 8.15. The van der Waals surface area contributed by atoms with Crippen molar-refractivity contribution in [2.45, 2.75) is 26.3 Å². The van der Waals surface area contributed by atoms with E-state index in [1.807, 2.05) is 44.2 Å². The van der Waals surface area contributed by atoms with Crippen molar-refractivity contribution in [1.82, 2.24) is 5.32 Å². The van der Waals surface area contributed by atoms with Crippen LogP contribution in [0.25, 0.3) is 0 Å². The molecule has 0 saturated heterocycles. The number of hydrogen-bond donors (Lipinski definition) is 2. The predicted octanol–water partition coefficient (Wildman–Crippen LogP) is 3.11. The highest BCUT2D eigenvalue weighted by molar-refractivity contribution is 5.97. The maximum absolute atomic E-state index is 12.4. The lowest BCUT2D eigenvalue weighted by Gasteiger charge is -2.21. The Bertz CT molecular complexity index is 701. The van der Waals surface area contributed by atoms with Crippen LogP contribution in [-0.2, 0) is 4.79 Å². The number of para-hydroxylation sites is 1. The number of amides is 2. The smallest absolute Gasteiger partial charge is 0.252 e. The number of carbonyl (C=O) groups is 2. The molecule has 0 saturated carbocycles. The summed E-state index contributed by atoms with van der Waals surface area (Å²) >= 11 is 0. The van der Waals surface area contributed by atoms with E-state index in [-0.39, 0.29) is 11.8 Å². The van der Waals surface area contributed by atoms with Gasteiger partial charge in [0.2, 0.25) is 5.91 Å². The molecule has 2 aromatic rings. The minimum Gasteiger partial charge on any atom is -0.457 e. The van der Waals surface area contributed by atoms with Gasteiger partial charge >= 0.3 is 0 Å². The molecule has 24 heavy (non-hydrogen) atoms. The largest absolute Gasteiger partial charge is 0.457 e. The Morgan fingerprint density at radius 2 is 1.75 bits per heavy atom. The fourth-order valence-electron chi connectivity index (χ4n) is 2.28. The van der Waals surface area contributed by atoms with Crippen molar-refractivity contribution in [3.63, 3.8) is 0 Å². The number of benzene rings is 2. The van der Waals surface area contributed by atoms with Gasteiger partial charge in [0.05, 0.1) is 0 Å². The summed E-state index contributed by atoms with van der Waals surface area (Å²) in [7, 11) is 0. The molecule has 0 bridgehead atoms. The second-order valence-electron chi connectivity index (χ2n) is 5.68. The fourth-order valence-corrected chi connectivity index (χ4v) is 2.28. The monoisotopic (exact) mass is 326 g/mol. The topological polar surface area (TPSA) is 81.4 Å². The second-order valence-corrected chi connectivity index (χ2v) is 5.68. The van der Waals surface area contributed by atoms with E-state index in [4.69, 9.17) is 10.5 Å². The van der Waals surface area contributed by atoms with Crippen LogP contribution in [0.1, 0.15) is 30.6 Å². The van der Waals surface area contributed by atoms with Crippen LogP contribution in [0.15, 0.2) is 54.6 Å². The van der Waals surface area contributed by atoms with E-state index in [1.165, 1.54) is 0 Å². The van der Waals surface area contributed by atoms with Crippen molar-refractivity contribution < 1.29 is 14.3 Å². The Labute approximate surface area is 141 Å². The first-order valence-electron chi connectivity index (χ1n) is 7.94. The first kappa shape index (κ1) is 17.5. The quantitative estimate of drug-likeness (QED) is 0.820. The van der Waals surface area contributed by atoms with Crippen molar-refractivity contribution in [2.75, 3.05) is 0 Å². The Morgan fingerprint density at radius 3 is 2.38 bits per heavy atom. The predicted molar refractivity (Wildman–Crippen MR) is 92.9 cm³/mol. The van der Waals surface area contributed by atoms with Crippen molar-refractivity contribution in [3.05, 3.63) is 60.2 Å². The molecule has 126 valence electrons. The van der Waals surface area contributed by atoms with Gasteiger partial charge in [0.15, 0.2) is 0 Å². The summed E-state index contributed by atoms with van der Waals surface area (Å²) in [6.45, 7) is 3.83. The molecule has 2 rings (SSSR count). The van der Waals surface area contributed by atoms with Crippen LogP contribution in [0.4, 0.5) is 0 Å². The molecular weight excluding hydrogens is 304 g/mol. The third-order valence-electron chi connectivity index (χ3n) is 3.88. The molecule has 2 aromatic carbocycles. The van der Waals surface area contributed by atoms with E-state index in [1.54, 1.807) is 24.3 Å². The zero-order chi connectivity index (χ0) is 17.5. The van der Waals surface area contributed by atoms with Crippen LogP contribution in [0.3, 0.4) is 0 Å². The molecule has 3 N–H and O–H groups in total. The van der Waals surface area contributed by atoms with Gasteiger partial charge in [-0.15, -0.1) is 0 Å². The summed E-state index contributed by atoms with van der Waals surface area (Å²) in [6.07, 6.45) is 0.741. The number of carbonyl (C=O) groups excluding carboxylic acids is 2. The molecule has 0 aliphatic carbocycles. The average Bonchev–Trinajstić information content (AvgIpc) is 2.59. The van der Waals surface area contributed by atoms with Gasteiger partial charge in [-0.3, -0.25) is 9.59 Å².